The Hall–Kier alpha value is -0.400. The number of rotatable bonds is 5. The third kappa shape index (κ3) is 5.06. The minimum absolute atomic E-state index is 0.301. The van der Waals surface area contributed by atoms with Crippen molar-refractivity contribution in [1.82, 2.24) is 9.98 Å². The van der Waals surface area contributed by atoms with E-state index in [0.29, 0.717) is 24.4 Å². The molecular weight excluding hydrogens is 302 g/mol. The predicted molar refractivity (Wildman–Crippen MR) is 90.2 cm³/mol. The van der Waals surface area contributed by atoms with Crippen LogP contribution in [-0.2, 0) is 4.74 Å². The summed E-state index contributed by atoms with van der Waals surface area (Å²) in [6.07, 6.45) is 4.44. The first-order valence-corrected chi connectivity index (χ1v) is 8.71. The number of amidine groups is 1. The number of nitrogens with two attached hydrogens (primary N) is 1. The van der Waals surface area contributed by atoms with Crippen LogP contribution in [0.1, 0.15) is 32.6 Å². The third-order valence-corrected chi connectivity index (χ3v) is 4.72. The van der Waals surface area contributed by atoms with Gasteiger partial charge in [0.2, 0.25) is 0 Å². The van der Waals surface area contributed by atoms with Crippen molar-refractivity contribution in [1.29, 1.82) is 0 Å². The Bertz CT molecular complexity index is 409. The summed E-state index contributed by atoms with van der Waals surface area (Å²) in [7, 11) is 0. The molecule has 4 atom stereocenters. The smallest absolute Gasteiger partial charge is 0.389 e. The molecule has 1 aliphatic carbocycles. The lowest BCUT2D eigenvalue weighted by Crippen LogP contribution is -2.86. The van der Waals surface area contributed by atoms with E-state index in [-0.39, 0.29) is 12.0 Å². The molecule has 1 saturated carbocycles. The van der Waals surface area contributed by atoms with Crippen LogP contribution in [0, 0.1) is 5.92 Å². The summed E-state index contributed by atoms with van der Waals surface area (Å²) in [4.78, 5) is 0. The number of aliphatic hydroxyl groups excluding tert-OH is 2. The summed E-state index contributed by atoms with van der Waals surface area (Å²) in [5, 5.41) is 26.4. The molecule has 1 saturated heterocycles. The zero-order chi connectivity index (χ0) is 15.9. The molecule has 0 radical (unpaired) electrons. The van der Waals surface area contributed by atoms with Crippen LogP contribution in [0.25, 0.3) is 0 Å². The highest BCUT2D eigenvalue weighted by Gasteiger charge is 2.40. The van der Waals surface area contributed by atoms with Crippen molar-refractivity contribution in [2.75, 3.05) is 19.7 Å². The average Bonchev–Trinajstić information content (AvgIpc) is 3.01. The number of thiol groups is 1. The van der Waals surface area contributed by atoms with E-state index in [0.717, 1.165) is 6.54 Å². The number of hydrogen-bond acceptors (Lipinski definition) is 4. The maximum atomic E-state index is 10.2. The Morgan fingerprint density at radius 3 is 2.77 bits per heavy atom. The molecule has 0 aromatic carbocycles. The van der Waals surface area contributed by atoms with Gasteiger partial charge in [0.05, 0.1) is 25.4 Å². The van der Waals surface area contributed by atoms with Crippen LogP contribution < -0.4 is 15.3 Å². The Labute approximate surface area is 137 Å². The number of aliphatic hydroxyl groups is 2. The van der Waals surface area contributed by atoms with Crippen LogP contribution in [0.3, 0.4) is 0 Å². The van der Waals surface area contributed by atoms with Crippen molar-refractivity contribution in [3.8, 4) is 0 Å². The van der Waals surface area contributed by atoms with E-state index < -0.39 is 12.2 Å². The third-order valence-electron chi connectivity index (χ3n) is 4.42. The monoisotopic (exact) mass is 331 g/mol. The van der Waals surface area contributed by atoms with Gasteiger partial charge in [-0.2, -0.15) is 0 Å². The molecule has 1 aliphatic heterocycles. The van der Waals surface area contributed by atoms with Crippen molar-refractivity contribution >= 4 is 24.0 Å². The molecular formula is C15H29N3O3S+2. The zero-order valence-electron chi connectivity index (χ0n) is 13.2. The van der Waals surface area contributed by atoms with Gasteiger partial charge in [0, 0.05) is 25.2 Å². The van der Waals surface area contributed by atoms with E-state index >= 15 is 0 Å². The van der Waals surface area contributed by atoms with Crippen LogP contribution in [0.2, 0.25) is 0 Å². The maximum absolute atomic E-state index is 10.2. The minimum Gasteiger partial charge on any atom is -0.389 e. The molecule has 6 nitrogen and oxygen atoms in total. The van der Waals surface area contributed by atoms with E-state index in [1.165, 1.54) is 25.7 Å². The van der Waals surface area contributed by atoms with Crippen molar-refractivity contribution in [2.45, 2.75) is 57.0 Å². The largest absolute Gasteiger partial charge is 0.513 e. The Morgan fingerprint density at radius 1 is 1.36 bits per heavy atom. The second-order valence-corrected chi connectivity index (χ2v) is 6.61. The first-order valence-electron chi connectivity index (χ1n) is 8.26. The van der Waals surface area contributed by atoms with Gasteiger partial charge in [0.15, 0.2) is 0 Å². The van der Waals surface area contributed by atoms with Gasteiger partial charge in [-0.05, 0) is 24.4 Å². The zero-order valence-corrected chi connectivity index (χ0v) is 14.1. The van der Waals surface area contributed by atoms with E-state index in [1.807, 2.05) is 12.2 Å². The molecule has 22 heavy (non-hydrogen) atoms. The summed E-state index contributed by atoms with van der Waals surface area (Å²) < 4.78 is 9.91. The van der Waals surface area contributed by atoms with E-state index in [1.54, 1.807) is 6.21 Å². The van der Waals surface area contributed by atoms with Crippen LogP contribution in [0.5, 0.6) is 0 Å². The molecule has 0 aromatic rings. The van der Waals surface area contributed by atoms with Crippen molar-refractivity contribution in [2.24, 2.45) is 5.92 Å². The molecule has 0 amide bonds. The number of quaternary nitrogens is 1. The number of hydrogen-bond donors (Lipinski definition) is 5. The van der Waals surface area contributed by atoms with Gasteiger partial charge in [-0.3, -0.25) is 0 Å². The highest BCUT2D eigenvalue weighted by atomic mass is 32.1. The van der Waals surface area contributed by atoms with Crippen LogP contribution in [-0.4, -0.2) is 65.6 Å². The van der Waals surface area contributed by atoms with Gasteiger partial charge in [0.25, 0.3) is 6.21 Å². The van der Waals surface area contributed by atoms with Crippen LogP contribution in [0.15, 0.2) is 0 Å². The molecule has 7 heteroatoms. The first-order chi connectivity index (χ1) is 10.6. The summed E-state index contributed by atoms with van der Waals surface area (Å²) in [6, 6.07) is 0.526. The molecule has 2 rings (SSSR count). The summed E-state index contributed by atoms with van der Waals surface area (Å²) in [5.41, 5.74) is 0. The second-order valence-electron chi connectivity index (χ2n) is 6.16. The van der Waals surface area contributed by atoms with Crippen molar-refractivity contribution in [3.63, 3.8) is 0 Å². The van der Waals surface area contributed by atoms with Gasteiger partial charge < -0.3 is 20.3 Å². The Kier molecular flexibility index (Phi) is 7.37. The Balaban J connectivity index is 1.84. The van der Waals surface area contributed by atoms with E-state index in [4.69, 9.17) is 4.74 Å². The lowest BCUT2D eigenvalue weighted by molar-refractivity contribution is -0.530. The lowest BCUT2D eigenvalue weighted by atomic mass is 9.93. The summed E-state index contributed by atoms with van der Waals surface area (Å²) >= 11 is 4.23. The first kappa shape index (κ1) is 17.9. The molecule has 2 fully saturated rings. The molecule has 1 heterocycles. The molecule has 0 spiro atoms. The fourth-order valence-electron chi connectivity index (χ4n) is 3.04. The summed E-state index contributed by atoms with van der Waals surface area (Å²) in [6.45, 7) is 3.82. The maximum Gasteiger partial charge on any atom is 0.513 e. The quantitative estimate of drug-likeness (QED) is 0.179. The molecule has 126 valence electrons. The highest BCUT2D eigenvalue weighted by Crippen LogP contribution is 2.21. The molecule has 0 aromatic heterocycles. The fourth-order valence-corrected chi connectivity index (χ4v) is 3.29. The highest BCUT2D eigenvalue weighted by molar-refractivity contribution is 7.96. The molecule has 2 aliphatic rings. The number of nitrogens with one attached hydrogen (secondary N) is 1. The molecule has 4 unspecified atom stereocenters. The van der Waals surface area contributed by atoms with Crippen molar-refractivity contribution < 1.29 is 20.3 Å². The second kappa shape index (κ2) is 9.03. The average molecular weight is 331 g/mol. The van der Waals surface area contributed by atoms with Gasteiger partial charge in [0.1, 0.15) is 12.0 Å². The fraction of sp³-hybridized carbons (Fsp3) is 0.867. The number of nitrogens with zero attached hydrogens (tertiary/aromatic N) is 1. The standard InChI is InChI=1S/C15H27N3O3S/c1-2-16-15(22)18-7-10-9-21-12(14(20)13(10)19)8-17-11-5-3-4-6-11/h7,10-14,17,19-20H,2-6,8-9H2,1H3,(H,16,22)/p+2. The molecule has 5 N–H and O–H groups in total. The van der Waals surface area contributed by atoms with Crippen LogP contribution >= 0.6 is 12.6 Å². The van der Waals surface area contributed by atoms with Crippen molar-refractivity contribution in [3.05, 3.63) is 0 Å². The van der Waals surface area contributed by atoms with Crippen LogP contribution in [0.4, 0.5) is 0 Å². The number of ether oxygens (including phenoxy) is 1. The minimum atomic E-state index is -0.891. The van der Waals surface area contributed by atoms with E-state index in [2.05, 4.69) is 22.6 Å². The normalized spacial score (nSPS) is 32.7. The lowest BCUT2D eigenvalue weighted by Gasteiger charge is -2.35. The summed E-state index contributed by atoms with van der Waals surface area (Å²) in [5.74, 6) is -0.301. The van der Waals surface area contributed by atoms with E-state index in [9.17, 15) is 10.2 Å². The van der Waals surface area contributed by atoms with Gasteiger partial charge in [-0.25, -0.2) is 5.32 Å². The topological polar surface area (TPSA) is 92.4 Å². The van der Waals surface area contributed by atoms with Gasteiger partial charge in [-0.1, -0.05) is 12.8 Å². The Morgan fingerprint density at radius 2 is 2.09 bits per heavy atom. The molecule has 0 bridgehead atoms. The van der Waals surface area contributed by atoms with Gasteiger partial charge in [-0.15, -0.1) is 0 Å². The van der Waals surface area contributed by atoms with Gasteiger partial charge >= 0.3 is 5.17 Å². The SMILES string of the molecule is CC[NH2+]C(S)=[N+]=CC1COC(CNC2CCCC2)C(O)C1O. The predicted octanol–water partition coefficient (Wildman–Crippen LogP) is -1.74.